The van der Waals surface area contributed by atoms with E-state index in [2.05, 4.69) is 19.1 Å². The number of nitriles is 2. The van der Waals surface area contributed by atoms with E-state index in [9.17, 15) is 0 Å². The normalized spacial score (nSPS) is 16.0. The molecule has 1 atom stereocenters. The zero-order valence-corrected chi connectivity index (χ0v) is 15.4. The van der Waals surface area contributed by atoms with Crippen molar-refractivity contribution >= 4 is 5.57 Å². The molecule has 0 N–H and O–H groups in total. The van der Waals surface area contributed by atoms with Crippen LogP contribution in [0, 0.1) is 23.0 Å². The molecule has 4 heteroatoms. The quantitative estimate of drug-likeness (QED) is 0.620. The van der Waals surface area contributed by atoms with Crippen molar-refractivity contribution in [2.75, 3.05) is 0 Å². The molecule has 0 aliphatic heterocycles. The van der Waals surface area contributed by atoms with Crippen molar-refractivity contribution in [3.05, 3.63) is 65.2 Å². The number of benzene rings is 2. The van der Waals surface area contributed by atoms with Crippen molar-refractivity contribution in [2.45, 2.75) is 44.9 Å². The third kappa shape index (κ3) is 4.49. The van der Waals surface area contributed by atoms with Gasteiger partial charge in [0.25, 0.3) is 12.5 Å². The highest BCUT2D eigenvalue weighted by Crippen LogP contribution is 2.38. The Morgan fingerprint density at radius 2 is 1.70 bits per heavy atom. The zero-order chi connectivity index (χ0) is 19.1. The van der Waals surface area contributed by atoms with Crippen LogP contribution in [0.3, 0.4) is 0 Å². The lowest BCUT2D eigenvalue weighted by Crippen LogP contribution is -2.05. The van der Waals surface area contributed by atoms with Crippen LogP contribution >= 0.6 is 0 Å². The third-order valence-corrected chi connectivity index (χ3v) is 5.03. The Morgan fingerprint density at radius 3 is 2.33 bits per heavy atom. The number of allylic oxidation sites excluding steroid dienone is 2. The molecular weight excluding hydrogens is 336 g/mol. The van der Waals surface area contributed by atoms with Gasteiger partial charge in [0.05, 0.1) is 0 Å². The molecule has 2 aromatic carbocycles. The van der Waals surface area contributed by atoms with Gasteiger partial charge in [-0.25, -0.2) is 0 Å². The summed E-state index contributed by atoms with van der Waals surface area (Å²) in [7, 11) is 0. The number of ether oxygens (including phenoxy) is 2. The van der Waals surface area contributed by atoms with Crippen LogP contribution in [-0.4, -0.2) is 0 Å². The first kappa shape index (κ1) is 18.5. The summed E-state index contributed by atoms with van der Waals surface area (Å²) < 4.78 is 9.84. The van der Waals surface area contributed by atoms with Gasteiger partial charge in [-0.1, -0.05) is 37.6 Å². The van der Waals surface area contributed by atoms with Gasteiger partial charge in [0.2, 0.25) is 0 Å². The summed E-state index contributed by atoms with van der Waals surface area (Å²) in [6.07, 6.45) is 10.9. The first-order valence-corrected chi connectivity index (χ1v) is 9.29. The topological polar surface area (TPSA) is 66.0 Å². The molecule has 1 aliphatic rings. The van der Waals surface area contributed by atoms with Crippen LogP contribution in [0.1, 0.15) is 55.2 Å². The van der Waals surface area contributed by atoms with Crippen molar-refractivity contribution in [3.63, 3.8) is 0 Å². The lowest BCUT2D eigenvalue weighted by Gasteiger charge is -2.24. The fraction of sp³-hybridized carbons (Fsp3) is 0.304. The lowest BCUT2D eigenvalue weighted by molar-refractivity contribution is 0.505. The maximum atomic E-state index is 8.74. The molecule has 27 heavy (non-hydrogen) atoms. The van der Waals surface area contributed by atoms with Gasteiger partial charge >= 0.3 is 0 Å². The molecule has 0 spiro atoms. The highest BCUT2D eigenvalue weighted by molar-refractivity contribution is 5.70. The summed E-state index contributed by atoms with van der Waals surface area (Å²) in [5.74, 6) is 1.68. The van der Waals surface area contributed by atoms with Gasteiger partial charge in [0.1, 0.15) is 11.5 Å². The van der Waals surface area contributed by atoms with Crippen LogP contribution in [0.25, 0.3) is 5.57 Å². The Kier molecular flexibility index (Phi) is 6.13. The summed E-state index contributed by atoms with van der Waals surface area (Å²) in [5, 5.41) is 17.3. The minimum Gasteiger partial charge on any atom is -0.388 e. The van der Waals surface area contributed by atoms with Crippen LogP contribution in [0.4, 0.5) is 0 Å². The first-order chi connectivity index (χ1) is 13.2. The number of hydrogen-bond donors (Lipinski definition) is 0. The number of hydrogen-bond acceptors (Lipinski definition) is 4. The van der Waals surface area contributed by atoms with E-state index in [1.807, 2.05) is 36.4 Å². The second-order valence-electron chi connectivity index (χ2n) is 6.73. The third-order valence-electron chi connectivity index (χ3n) is 5.03. The van der Waals surface area contributed by atoms with Gasteiger partial charge in [-0.15, -0.1) is 10.5 Å². The Hall–Kier alpha value is -3.24. The van der Waals surface area contributed by atoms with Gasteiger partial charge < -0.3 is 9.47 Å². The number of nitrogens with zero attached hydrogens (tertiary/aromatic N) is 2. The monoisotopic (exact) mass is 358 g/mol. The maximum absolute atomic E-state index is 8.74. The molecule has 1 unspecified atom stereocenters. The summed E-state index contributed by atoms with van der Waals surface area (Å²) in [6, 6.07) is 13.7. The summed E-state index contributed by atoms with van der Waals surface area (Å²) >= 11 is 0. The van der Waals surface area contributed by atoms with Gasteiger partial charge in [-0.3, -0.25) is 0 Å². The van der Waals surface area contributed by atoms with E-state index >= 15 is 0 Å². The fourth-order valence-corrected chi connectivity index (χ4v) is 3.72. The van der Waals surface area contributed by atoms with Crippen LogP contribution < -0.4 is 9.47 Å². The molecule has 0 radical (unpaired) electrons. The van der Waals surface area contributed by atoms with E-state index in [-0.39, 0.29) is 0 Å². The maximum Gasteiger partial charge on any atom is 0.292 e. The number of rotatable bonds is 6. The molecule has 0 heterocycles. The molecule has 4 nitrogen and oxygen atoms in total. The SMILES string of the molecule is CCCc1cc(OC#N)ccc1C1=CCC(c2ccc(OC#N)cc2)CC1. The minimum atomic E-state index is 0.487. The van der Waals surface area contributed by atoms with E-state index in [0.717, 1.165) is 32.1 Å². The highest BCUT2D eigenvalue weighted by atomic mass is 16.5. The molecule has 0 saturated carbocycles. The molecule has 3 rings (SSSR count). The van der Waals surface area contributed by atoms with E-state index in [4.69, 9.17) is 20.0 Å². The van der Waals surface area contributed by atoms with E-state index in [1.54, 1.807) is 12.5 Å². The average molecular weight is 358 g/mol. The standard InChI is InChI=1S/C23H22N2O2/c1-2-3-20-14-22(27-16-25)12-13-23(20)19-6-4-17(5-7-19)18-8-10-21(11-9-18)26-15-24/h6,8-14,17H,2-5,7H2,1H3. The van der Waals surface area contributed by atoms with E-state index in [1.165, 1.54) is 22.3 Å². The Labute approximate surface area is 160 Å². The van der Waals surface area contributed by atoms with E-state index < -0.39 is 0 Å². The largest absolute Gasteiger partial charge is 0.388 e. The molecule has 0 fully saturated rings. The molecule has 1 aliphatic carbocycles. The molecule has 0 bridgehead atoms. The van der Waals surface area contributed by atoms with Crippen molar-refractivity contribution in [2.24, 2.45) is 0 Å². The van der Waals surface area contributed by atoms with Crippen molar-refractivity contribution < 1.29 is 9.47 Å². The molecule has 2 aromatic rings. The Balaban J connectivity index is 1.76. The molecule has 0 aromatic heterocycles. The second-order valence-corrected chi connectivity index (χ2v) is 6.73. The minimum absolute atomic E-state index is 0.487. The predicted molar refractivity (Wildman–Crippen MR) is 104 cm³/mol. The molecule has 0 saturated heterocycles. The van der Waals surface area contributed by atoms with Crippen molar-refractivity contribution in [1.29, 1.82) is 10.5 Å². The van der Waals surface area contributed by atoms with Gasteiger partial charge in [0, 0.05) is 0 Å². The zero-order valence-electron chi connectivity index (χ0n) is 15.4. The van der Waals surface area contributed by atoms with Gasteiger partial charge in [-0.2, -0.15) is 0 Å². The van der Waals surface area contributed by atoms with Crippen molar-refractivity contribution in [1.82, 2.24) is 0 Å². The summed E-state index contributed by atoms with van der Waals surface area (Å²) in [5.41, 5.74) is 5.18. The smallest absolute Gasteiger partial charge is 0.292 e. The summed E-state index contributed by atoms with van der Waals surface area (Å²) in [4.78, 5) is 0. The van der Waals surface area contributed by atoms with Gasteiger partial charge in [0.15, 0.2) is 0 Å². The van der Waals surface area contributed by atoms with Crippen LogP contribution in [-0.2, 0) is 6.42 Å². The summed E-state index contributed by atoms with van der Waals surface area (Å²) in [6.45, 7) is 2.16. The molecular formula is C23H22N2O2. The second kappa shape index (κ2) is 8.92. The van der Waals surface area contributed by atoms with E-state index in [0.29, 0.717) is 17.4 Å². The Bertz CT molecular complexity index is 901. The van der Waals surface area contributed by atoms with Gasteiger partial charge in [-0.05, 0) is 78.1 Å². The van der Waals surface area contributed by atoms with Crippen molar-refractivity contribution in [3.8, 4) is 24.0 Å². The van der Waals surface area contributed by atoms with Crippen LogP contribution in [0.15, 0.2) is 48.5 Å². The first-order valence-electron chi connectivity index (χ1n) is 9.29. The molecule has 0 amide bonds. The predicted octanol–water partition coefficient (Wildman–Crippen LogP) is 5.71. The highest BCUT2D eigenvalue weighted by Gasteiger charge is 2.19. The van der Waals surface area contributed by atoms with Crippen LogP contribution in [0.2, 0.25) is 0 Å². The van der Waals surface area contributed by atoms with Crippen LogP contribution in [0.5, 0.6) is 11.5 Å². The lowest BCUT2D eigenvalue weighted by atomic mass is 9.81. The fourth-order valence-electron chi connectivity index (χ4n) is 3.72. The average Bonchev–Trinajstić information content (AvgIpc) is 2.70. The number of aryl methyl sites for hydroxylation is 1. The Morgan fingerprint density at radius 1 is 1.00 bits per heavy atom. The molecule has 136 valence electrons.